The number of carbonyl (C=O) groups is 1. The molecule has 4 rings (SSSR count). The topological polar surface area (TPSA) is 94.2 Å². The smallest absolute Gasteiger partial charge is 0.246 e. The molecule has 0 aromatic heterocycles. The molecule has 0 aliphatic carbocycles. The molecule has 184 valence electrons. The van der Waals surface area contributed by atoms with Gasteiger partial charge in [-0.15, -0.1) is 0 Å². The van der Waals surface area contributed by atoms with Gasteiger partial charge in [-0.2, -0.15) is 4.31 Å². The van der Waals surface area contributed by atoms with Crippen LogP contribution in [0.2, 0.25) is 0 Å². The van der Waals surface area contributed by atoms with Crippen LogP contribution in [-0.4, -0.2) is 52.0 Å². The minimum absolute atomic E-state index is 0.0375. The maximum Gasteiger partial charge on any atom is 0.246 e. The monoisotopic (exact) mass is 496 g/mol. The van der Waals surface area contributed by atoms with Crippen LogP contribution in [0.25, 0.3) is 0 Å². The van der Waals surface area contributed by atoms with Crippen molar-refractivity contribution in [2.75, 3.05) is 33.4 Å². The minimum atomic E-state index is -3.77. The van der Waals surface area contributed by atoms with Gasteiger partial charge in [0.15, 0.2) is 0 Å². The van der Waals surface area contributed by atoms with E-state index in [2.05, 4.69) is 5.32 Å². The van der Waals surface area contributed by atoms with Crippen molar-refractivity contribution in [2.24, 2.45) is 0 Å². The van der Waals surface area contributed by atoms with Crippen LogP contribution >= 0.6 is 0 Å². The number of para-hydroxylation sites is 1. The molecule has 0 spiro atoms. The second-order valence-electron chi connectivity index (χ2n) is 8.02. The van der Waals surface area contributed by atoms with E-state index in [1.165, 1.54) is 17.5 Å². The minimum Gasteiger partial charge on any atom is -0.495 e. The fraction of sp³-hybridized carbons (Fsp3) is 0.269. The number of rotatable bonds is 9. The molecule has 35 heavy (non-hydrogen) atoms. The van der Waals surface area contributed by atoms with E-state index in [0.717, 1.165) is 11.3 Å². The van der Waals surface area contributed by atoms with Crippen molar-refractivity contribution >= 4 is 15.9 Å². The molecule has 0 atom stereocenters. The lowest BCUT2D eigenvalue weighted by atomic mass is 10.1. The van der Waals surface area contributed by atoms with Crippen molar-refractivity contribution in [1.82, 2.24) is 9.62 Å². The van der Waals surface area contributed by atoms with Gasteiger partial charge in [0, 0.05) is 19.6 Å². The second-order valence-corrected chi connectivity index (χ2v) is 9.92. The Bertz CT molecular complexity index is 1260. The summed E-state index contributed by atoms with van der Waals surface area (Å²) in [4.78, 5) is 12.7. The molecule has 9 heteroatoms. The van der Waals surface area contributed by atoms with Gasteiger partial charge in [0.2, 0.25) is 15.9 Å². The first-order chi connectivity index (χ1) is 17.0. The van der Waals surface area contributed by atoms with Gasteiger partial charge in [0.25, 0.3) is 0 Å². The summed E-state index contributed by atoms with van der Waals surface area (Å²) in [7, 11) is -2.34. The van der Waals surface area contributed by atoms with Crippen LogP contribution in [0.4, 0.5) is 0 Å². The average Bonchev–Trinajstić information content (AvgIpc) is 2.89. The first-order valence-corrected chi connectivity index (χ1v) is 12.7. The van der Waals surface area contributed by atoms with Crippen LogP contribution in [0.3, 0.4) is 0 Å². The lowest BCUT2D eigenvalue weighted by molar-refractivity contribution is -0.120. The molecule has 0 radical (unpaired) electrons. The Morgan fingerprint density at radius 3 is 2.43 bits per heavy atom. The van der Waals surface area contributed by atoms with Gasteiger partial charge in [-0.3, -0.25) is 4.79 Å². The molecule has 1 saturated heterocycles. The van der Waals surface area contributed by atoms with Gasteiger partial charge >= 0.3 is 0 Å². The highest BCUT2D eigenvalue weighted by molar-refractivity contribution is 7.89. The highest BCUT2D eigenvalue weighted by atomic mass is 32.2. The summed E-state index contributed by atoms with van der Waals surface area (Å²) in [6, 6.07) is 21.7. The van der Waals surface area contributed by atoms with E-state index in [1.54, 1.807) is 12.1 Å². The molecule has 3 aromatic carbocycles. The number of amides is 1. The third-order valence-corrected chi connectivity index (χ3v) is 7.47. The molecule has 3 aromatic rings. The van der Waals surface area contributed by atoms with Crippen LogP contribution in [0.5, 0.6) is 17.2 Å². The van der Waals surface area contributed by atoms with Gasteiger partial charge in [0.05, 0.1) is 26.7 Å². The average molecular weight is 497 g/mol. The van der Waals surface area contributed by atoms with E-state index in [9.17, 15) is 13.2 Å². The Kier molecular flexibility index (Phi) is 8.02. The summed E-state index contributed by atoms with van der Waals surface area (Å²) in [5.41, 5.74) is 1.47. The number of hydrogen-bond donors (Lipinski definition) is 1. The van der Waals surface area contributed by atoms with E-state index in [0.29, 0.717) is 31.1 Å². The van der Waals surface area contributed by atoms with Crippen molar-refractivity contribution in [3.8, 4) is 17.2 Å². The zero-order valence-corrected chi connectivity index (χ0v) is 20.3. The molecule has 8 nitrogen and oxygen atoms in total. The highest BCUT2D eigenvalue weighted by Crippen LogP contribution is 2.28. The Hall–Kier alpha value is -3.40. The molecule has 1 amide bonds. The summed E-state index contributed by atoms with van der Waals surface area (Å²) < 4.78 is 44.1. The quantitative estimate of drug-likeness (QED) is 0.488. The van der Waals surface area contributed by atoms with Crippen LogP contribution in [0.1, 0.15) is 11.1 Å². The summed E-state index contributed by atoms with van der Waals surface area (Å²) in [5.74, 6) is 1.43. The standard InChI is InChI=1S/C26H28N2O6S/c1-32-24-11-10-20(17-25(24)35(30,31)28-12-14-33-15-13-28)18-26(29)27-19-21-6-5-9-23(16-21)34-22-7-3-2-4-8-22/h2-11,16-17H,12-15,18-19H2,1H3,(H,27,29). The predicted molar refractivity (Wildman–Crippen MR) is 131 cm³/mol. The molecular weight excluding hydrogens is 468 g/mol. The normalized spacial score (nSPS) is 14.3. The zero-order chi connectivity index (χ0) is 24.7. The SMILES string of the molecule is COc1ccc(CC(=O)NCc2cccc(Oc3ccccc3)c2)cc1S(=O)(=O)N1CCOCC1. The number of morpholine rings is 1. The van der Waals surface area contributed by atoms with Crippen molar-refractivity contribution < 1.29 is 27.4 Å². The number of nitrogens with zero attached hydrogens (tertiary/aromatic N) is 1. The number of methoxy groups -OCH3 is 1. The first kappa shape index (κ1) is 24.7. The maximum absolute atomic E-state index is 13.2. The van der Waals surface area contributed by atoms with Crippen LogP contribution in [0, 0.1) is 0 Å². The van der Waals surface area contributed by atoms with Crippen LogP contribution < -0.4 is 14.8 Å². The van der Waals surface area contributed by atoms with E-state index in [4.69, 9.17) is 14.2 Å². The summed E-state index contributed by atoms with van der Waals surface area (Å²) in [5, 5.41) is 2.89. The van der Waals surface area contributed by atoms with Crippen molar-refractivity contribution in [3.63, 3.8) is 0 Å². The second kappa shape index (κ2) is 11.4. The lowest BCUT2D eigenvalue weighted by Gasteiger charge is -2.26. The number of nitrogens with one attached hydrogen (secondary N) is 1. The van der Waals surface area contributed by atoms with E-state index in [1.807, 2.05) is 54.6 Å². The maximum atomic E-state index is 13.2. The number of hydrogen-bond acceptors (Lipinski definition) is 6. The zero-order valence-electron chi connectivity index (χ0n) is 19.5. The van der Waals surface area contributed by atoms with E-state index < -0.39 is 10.0 Å². The third-order valence-electron chi connectivity index (χ3n) is 5.55. The summed E-state index contributed by atoms with van der Waals surface area (Å²) >= 11 is 0. The Morgan fingerprint density at radius 1 is 0.943 bits per heavy atom. The first-order valence-electron chi connectivity index (χ1n) is 11.3. The number of sulfonamides is 1. The number of benzene rings is 3. The van der Waals surface area contributed by atoms with Gasteiger partial charge in [-0.25, -0.2) is 8.42 Å². The van der Waals surface area contributed by atoms with Gasteiger partial charge in [-0.05, 0) is 47.5 Å². The number of ether oxygens (including phenoxy) is 3. The highest BCUT2D eigenvalue weighted by Gasteiger charge is 2.29. The van der Waals surface area contributed by atoms with E-state index in [-0.39, 0.29) is 36.1 Å². The Morgan fingerprint density at radius 2 is 1.69 bits per heavy atom. The Balaban J connectivity index is 1.40. The molecular formula is C26H28N2O6S. The molecule has 0 saturated carbocycles. The summed E-state index contributed by atoms with van der Waals surface area (Å²) in [6.07, 6.45) is 0.0375. The van der Waals surface area contributed by atoms with E-state index >= 15 is 0 Å². The van der Waals surface area contributed by atoms with Crippen molar-refractivity contribution in [3.05, 3.63) is 83.9 Å². The van der Waals surface area contributed by atoms with Gasteiger partial charge in [0.1, 0.15) is 22.1 Å². The molecule has 0 bridgehead atoms. The van der Waals surface area contributed by atoms with Crippen molar-refractivity contribution in [1.29, 1.82) is 0 Å². The molecule has 1 aliphatic heterocycles. The van der Waals surface area contributed by atoms with Gasteiger partial charge < -0.3 is 19.5 Å². The van der Waals surface area contributed by atoms with Gasteiger partial charge in [-0.1, -0.05) is 36.4 Å². The molecule has 0 unspecified atom stereocenters. The number of carbonyl (C=O) groups excluding carboxylic acids is 1. The van der Waals surface area contributed by atoms with Crippen LogP contribution in [-0.2, 0) is 32.5 Å². The van der Waals surface area contributed by atoms with Crippen molar-refractivity contribution in [2.45, 2.75) is 17.9 Å². The third kappa shape index (κ3) is 6.39. The van der Waals surface area contributed by atoms with Crippen LogP contribution in [0.15, 0.2) is 77.7 Å². The molecule has 1 N–H and O–H groups in total. The lowest BCUT2D eigenvalue weighted by Crippen LogP contribution is -2.40. The summed E-state index contributed by atoms with van der Waals surface area (Å²) in [6.45, 7) is 1.58. The molecule has 1 aliphatic rings. The molecule has 1 fully saturated rings. The molecule has 1 heterocycles. The predicted octanol–water partition coefficient (Wildman–Crippen LogP) is 3.37. The fourth-order valence-electron chi connectivity index (χ4n) is 3.75. The fourth-order valence-corrected chi connectivity index (χ4v) is 5.36. The Labute approximate surface area is 205 Å². The largest absolute Gasteiger partial charge is 0.495 e.